The first kappa shape index (κ1) is 22.6. The molecule has 0 amide bonds. The molecule has 2 heterocycles. The number of aliphatic hydroxyl groups excluding tert-OH is 1. The van der Waals surface area contributed by atoms with Crippen LogP contribution in [0, 0.1) is 5.92 Å². The average molecular weight is 389 g/mol. The Balaban J connectivity index is 1.97. The number of hydrogen-bond donors (Lipinski definition) is 1. The minimum atomic E-state index is -0.945. The van der Waals surface area contributed by atoms with Gasteiger partial charge in [0.2, 0.25) is 0 Å². The third-order valence-electron chi connectivity index (χ3n) is 4.97. The Bertz CT molecular complexity index is 485. The Kier molecular flexibility index (Phi) is 7.67. The zero-order valence-electron chi connectivity index (χ0n) is 17.5. The lowest BCUT2D eigenvalue weighted by molar-refractivity contribution is -0.179. The summed E-state index contributed by atoms with van der Waals surface area (Å²) < 4.78 is 28.6. The van der Waals surface area contributed by atoms with Crippen molar-refractivity contribution in [3.05, 3.63) is 0 Å². The molecule has 0 unspecified atom stereocenters. The van der Waals surface area contributed by atoms with Crippen LogP contribution in [0.3, 0.4) is 0 Å². The van der Waals surface area contributed by atoms with Gasteiger partial charge in [-0.3, -0.25) is 4.79 Å². The van der Waals surface area contributed by atoms with E-state index in [0.29, 0.717) is 0 Å². The molecule has 2 saturated heterocycles. The van der Waals surface area contributed by atoms with Crippen LogP contribution in [-0.2, 0) is 28.5 Å². The fraction of sp³-hybridized carbons (Fsp3) is 0.950. The molecule has 0 aromatic carbocycles. The Morgan fingerprint density at radius 3 is 2.22 bits per heavy atom. The second-order valence-corrected chi connectivity index (χ2v) is 8.40. The smallest absolute Gasteiger partial charge is 0.309 e. The molecule has 1 N–H and O–H groups in total. The SMILES string of the molecule is CCCC(CCC)C(=O)OC[C@H]1OC(C)(C)O[C@H]1[C@H](O)[C@@H]1COC(C)(C)O1. The normalized spacial score (nSPS) is 30.6. The van der Waals surface area contributed by atoms with E-state index < -0.39 is 36.0 Å². The van der Waals surface area contributed by atoms with Crippen LogP contribution in [0.25, 0.3) is 0 Å². The van der Waals surface area contributed by atoms with Crippen molar-refractivity contribution in [2.24, 2.45) is 5.92 Å². The first-order valence-electron chi connectivity index (χ1n) is 10.1. The summed E-state index contributed by atoms with van der Waals surface area (Å²) in [7, 11) is 0. The first-order chi connectivity index (χ1) is 12.6. The quantitative estimate of drug-likeness (QED) is 0.608. The van der Waals surface area contributed by atoms with Crippen molar-refractivity contribution in [1.82, 2.24) is 0 Å². The van der Waals surface area contributed by atoms with E-state index in [1.165, 1.54) is 0 Å². The summed E-state index contributed by atoms with van der Waals surface area (Å²) in [6.45, 7) is 11.6. The number of ether oxygens (including phenoxy) is 5. The molecule has 2 rings (SSSR count). The van der Waals surface area contributed by atoms with Crippen LogP contribution in [0.15, 0.2) is 0 Å². The third-order valence-corrected chi connectivity index (χ3v) is 4.97. The van der Waals surface area contributed by atoms with E-state index in [4.69, 9.17) is 23.7 Å². The van der Waals surface area contributed by atoms with Crippen LogP contribution in [0.4, 0.5) is 0 Å². The maximum atomic E-state index is 12.4. The molecule has 0 radical (unpaired) electrons. The van der Waals surface area contributed by atoms with Gasteiger partial charge in [-0.1, -0.05) is 26.7 Å². The molecule has 7 nitrogen and oxygen atoms in total. The lowest BCUT2D eigenvalue weighted by Crippen LogP contribution is -2.46. The molecule has 27 heavy (non-hydrogen) atoms. The van der Waals surface area contributed by atoms with Crippen LogP contribution >= 0.6 is 0 Å². The number of esters is 1. The second kappa shape index (κ2) is 9.18. The summed E-state index contributed by atoms with van der Waals surface area (Å²) in [6, 6.07) is 0. The highest BCUT2D eigenvalue weighted by atomic mass is 16.8. The van der Waals surface area contributed by atoms with Gasteiger partial charge in [-0.05, 0) is 40.5 Å². The van der Waals surface area contributed by atoms with Crippen molar-refractivity contribution < 1.29 is 33.6 Å². The van der Waals surface area contributed by atoms with Crippen molar-refractivity contribution in [3.8, 4) is 0 Å². The molecule has 4 atom stereocenters. The van der Waals surface area contributed by atoms with Crippen molar-refractivity contribution in [3.63, 3.8) is 0 Å². The van der Waals surface area contributed by atoms with Gasteiger partial charge in [-0.2, -0.15) is 0 Å². The molecule has 0 aromatic heterocycles. The topological polar surface area (TPSA) is 83.5 Å². The fourth-order valence-electron chi connectivity index (χ4n) is 3.74. The number of hydrogen-bond acceptors (Lipinski definition) is 7. The molecule has 0 aromatic rings. The lowest BCUT2D eigenvalue weighted by Gasteiger charge is -2.27. The predicted octanol–water partition coefficient (Wildman–Crippen LogP) is 2.78. The van der Waals surface area contributed by atoms with Crippen molar-refractivity contribution in [2.45, 2.75) is 103 Å². The second-order valence-electron chi connectivity index (χ2n) is 8.40. The van der Waals surface area contributed by atoms with E-state index in [-0.39, 0.29) is 25.1 Å². The number of carbonyl (C=O) groups excluding carboxylic acids is 1. The average Bonchev–Trinajstić information content (AvgIpc) is 3.10. The fourth-order valence-corrected chi connectivity index (χ4v) is 3.74. The van der Waals surface area contributed by atoms with E-state index in [2.05, 4.69) is 13.8 Å². The van der Waals surface area contributed by atoms with Crippen molar-refractivity contribution in [1.29, 1.82) is 0 Å². The molecule has 2 aliphatic heterocycles. The zero-order chi connectivity index (χ0) is 20.2. The van der Waals surface area contributed by atoms with Crippen LogP contribution < -0.4 is 0 Å². The lowest BCUT2D eigenvalue weighted by atomic mass is 9.98. The molecule has 0 saturated carbocycles. The largest absolute Gasteiger partial charge is 0.463 e. The summed E-state index contributed by atoms with van der Waals surface area (Å²) in [5.41, 5.74) is 0. The van der Waals surface area contributed by atoms with Crippen LogP contribution in [0.2, 0.25) is 0 Å². The molecule has 0 spiro atoms. The third kappa shape index (κ3) is 6.12. The molecule has 2 aliphatic rings. The maximum Gasteiger partial charge on any atom is 0.309 e. The van der Waals surface area contributed by atoms with E-state index in [0.717, 1.165) is 25.7 Å². The minimum Gasteiger partial charge on any atom is -0.463 e. The van der Waals surface area contributed by atoms with E-state index >= 15 is 0 Å². The Morgan fingerprint density at radius 1 is 1.07 bits per heavy atom. The highest BCUT2D eigenvalue weighted by Gasteiger charge is 2.50. The summed E-state index contributed by atoms with van der Waals surface area (Å²) >= 11 is 0. The first-order valence-corrected chi connectivity index (χ1v) is 10.1. The predicted molar refractivity (Wildman–Crippen MR) is 99.0 cm³/mol. The van der Waals surface area contributed by atoms with Gasteiger partial charge in [-0.25, -0.2) is 0 Å². The standard InChI is InChI=1S/C20H36O7/c1-7-9-13(10-8-2)18(22)23-11-15-17(27-20(5,6)26-15)16(21)14-12-24-19(3,4)25-14/h13-17,21H,7-12H2,1-6H3/t14-,15+,16+,17+/m0/s1. The highest BCUT2D eigenvalue weighted by molar-refractivity contribution is 5.72. The number of rotatable bonds is 9. The van der Waals surface area contributed by atoms with Gasteiger partial charge < -0.3 is 28.8 Å². The molecule has 158 valence electrons. The Morgan fingerprint density at radius 2 is 1.70 bits per heavy atom. The van der Waals surface area contributed by atoms with E-state index in [1.54, 1.807) is 27.7 Å². The van der Waals surface area contributed by atoms with Crippen LogP contribution in [-0.4, -0.2) is 60.3 Å². The molecular weight excluding hydrogens is 352 g/mol. The van der Waals surface area contributed by atoms with E-state index in [1.807, 2.05) is 0 Å². The molecule has 7 heteroatoms. The van der Waals surface area contributed by atoms with E-state index in [9.17, 15) is 9.90 Å². The Labute approximate surface area is 162 Å². The van der Waals surface area contributed by atoms with Gasteiger partial charge in [0.15, 0.2) is 11.6 Å². The maximum absolute atomic E-state index is 12.4. The summed E-state index contributed by atoms with van der Waals surface area (Å²) in [6.07, 6.45) is 0.815. The van der Waals surface area contributed by atoms with Crippen molar-refractivity contribution >= 4 is 5.97 Å². The van der Waals surface area contributed by atoms with Gasteiger partial charge in [0.25, 0.3) is 0 Å². The van der Waals surface area contributed by atoms with Gasteiger partial charge in [-0.15, -0.1) is 0 Å². The minimum absolute atomic E-state index is 0.0465. The number of carbonyl (C=O) groups is 1. The number of aliphatic hydroxyl groups is 1. The van der Waals surface area contributed by atoms with Crippen LogP contribution in [0.1, 0.15) is 67.2 Å². The summed E-state index contributed by atoms with van der Waals surface area (Å²) in [5.74, 6) is -1.91. The summed E-state index contributed by atoms with van der Waals surface area (Å²) in [5, 5.41) is 10.8. The van der Waals surface area contributed by atoms with Gasteiger partial charge in [0, 0.05) is 0 Å². The molecule has 0 bridgehead atoms. The highest BCUT2D eigenvalue weighted by Crippen LogP contribution is 2.34. The Hall–Kier alpha value is -0.730. The van der Waals surface area contributed by atoms with Gasteiger partial charge in [0.05, 0.1) is 12.5 Å². The van der Waals surface area contributed by atoms with Gasteiger partial charge in [0.1, 0.15) is 31.0 Å². The van der Waals surface area contributed by atoms with Crippen molar-refractivity contribution in [2.75, 3.05) is 13.2 Å². The van der Waals surface area contributed by atoms with Gasteiger partial charge >= 0.3 is 5.97 Å². The van der Waals surface area contributed by atoms with Crippen LogP contribution in [0.5, 0.6) is 0 Å². The zero-order valence-corrected chi connectivity index (χ0v) is 17.5. The summed E-state index contributed by atoms with van der Waals surface area (Å²) in [4.78, 5) is 12.4. The molecule has 0 aliphatic carbocycles. The molecular formula is C20H36O7. The monoisotopic (exact) mass is 388 g/mol. The molecule has 2 fully saturated rings.